The molecule has 1 radical (unpaired) electrons. The number of allylic oxidation sites excluding steroid dienone is 2. The van der Waals surface area contributed by atoms with Gasteiger partial charge in [-0.1, -0.05) is 18.6 Å². The molecule has 0 aliphatic carbocycles. The Balaban J connectivity index is 3.29. The molecule has 0 heterocycles. The van der Waals surface area contributed by atoms with Gasteiger partial charge in [0, 0.05) is 0 Å². The Morgan fingerprint density at radius 1 is 1.71 bits per heavy atom. The van der Waals surface area contributed by atoms with Gasteiger partial charge < -0.3 is 0 Å². The molecule has 0 aliphatic rings. The maximum atomic E-state index is 3.70. The molecule has 0 aromatic carbocycles. The summed E-state index contributed by atoms with van der Waals surface area (Å²) in [6.07, 6.45) is 4.25. The van der Waals surface area contributed by atoms with E-state index in [-0.39, 0.29) is 0 Å². The Labute approximate surface area is 46.2 Å². The van der Waals surface area contributed by atoms with E-state index in [1.54, 1.807) is 0 Å². The molecule has 41 valence electrons. The van der Waals surface area contributed by atoms with Crippen molar-refractivity contribution in [1.29, 1.82) is 0 Å². The second-order valence-electron chi connectivity index (χ2n) is 1.69. The van der Waals surface area contributed by atoms with E-state index in [9.17, 15) is 0 Å². The predicted molar refractivity (Wildman–Crippen MR) is 34.0 cm³/mol. The van der Waals surface area contributed by atoms with Crippen molar-refractivity contribution in [3.8, 4) is 0 Å². The maximum Gasteiger partial charge on any atom is -0.0348 e. The van der Waals surface area contributed by atoms with E-state index < -0.39 is 0 Å². The van der Waals surface area contributed by atoms with Crippen LogP contribution in [0.4, 0.5) is 0 Å². The van der Waals surface area contributed by atoms with Crippen LogP contribution in [0, 0.1) is 6.92 Å². The summed E-state index contributed by atoms with van der Waals surface area (Å²) >= 11 is 0. The summed E-state index contributed by atoms with van der Waals surface area (Å²) < 4.78 is 0. The fourth-order valence-corrected chi connectivity index (χ4v) is 0.391. The molecule has 7 heavy (non-hydrogen) atoms. The van der Waals surface area contributed by atoms with Crippen molar-refractivity contribution < 1.29 is 0 Å². The molecule has 0 bridgehead atoms. The van der Waals surface area contributed by atoms with Crippen LogP contribution in [0.25, 0.3) is 0 Å². The van der Waals surface area contributed by atoms with Gasteiger partial charge in [-0.15, -0.1) is 0 Å². The quantitative estimate of drug-likeness (QED) is 0.464. The van der Waals surface area contributed by atoms with Crippen LogP contribution < -0.4 is 0 Å². The smallest absolute Gasteiger partial charge is 0.0348 e. The van der Waals surface area contributed by atoms with Crippen LogP contribution in [0.5, 0.6) is 0 Å². The molecule has 0 N–H and O–H groups in total. The lowest BCUT2D eigenvalue weighted by molar-refractivity contribution is 1.08. The molecule has 0 heteroatoms. The highest BCUT2D eigenvalue weighted by atomic mass is 13.8. The monoisotopic (exact) mass is 97.1 g/mol. The molecule has 0 nitrogen and oxygen atoms in total. The third-order valence-corrected chi connectivity index (χ3v) is 1.05. The summed E-state index contributed by atoms with van der Waals surface area (Å²) in [4.78, 5) is 0. The predicted octanol–water partition coefficient (Wildman–Crippen LogP) is 2.57. The first kappa shape index (κ1) is 6.74. The van der Waals surface area contributed by atoms with Crippen molar-refractivity contribution >= 4 is 0 Å². The van der Waals surface area contributed by atoms with Gasteiger partial charge >= 0.3 is 0 Å². The normalized spacial score (nSPS) is 12.1. The highest BCUT2D eigenvalue weighted by molar-refractivity contribution is 4.96. The van der Waals surface area contributed by atoms with Crippen LogP contribution in [0.2, 0.25) is 0 Å². The molecule has 0 saturated heterocycles. The van der Waals surface area contributed by atoms with Crippen LogP contribution in [0.15, 0.2) is 11.6 Å². The summed E-state index contributed by atoms with van der Waals surface area (Å²) in [6, 6.07) is 0. The Hall–Kier alpha value is -0.260. The maximum absolute atomic E-state index is 3.70. The summed E-state index contributed by atoms with van der Waals surface area (Å²) in [5.41, 5.74) is 1.44. The van der Waals surface area contributed by atoms with Gasteiger partial charge in [0.05, 0.1) is 0 Å². The minimum atomic E-state index is 0.930. The van der Waals surface area contributed by atoms with E-state index in [1.807, 2.05) is 0 Å². The van der Waals surface area contributed by atoms with Crippen molar-refractivity contribution in [3.63, 3.8) is 0 Å². The van der Waals surface area contributed by atoms with Crippen molar-refractivity contribution in [3.05, 3.63) is 18.6 Å². The first-order chi connectivity index (χ1) is 3.31. The zero-order valence-corrected chi connectivity index (χ0v) is 5.20. The average Bonchev–Trinajstić information content (AvgIpc) is 1.68. The molecule has 0 aliphatic heterocycles. The zero-order valence-electron chi connectivity index (χ0n) is 5.20. The van der Waals surface area contributed by atoms with Gasteiger partial charge in [-0.3, -0.25) is 0 Å². The van der Waals surface area contributed by atoms with E-state index in [4.69, 9.17) is 0 Å². The van der Waals surface area contributed by atoms with Gasteiger partial charge in [-0.05, 0) is 26.7 Å². The lowest BCUT2D eigenvalue weighted by Gasteiger charge is -1.88. The SMILES string of the molecule is [CH2]C/C=C(/C)CC. The van der Waals surface area contributed by atoms with Crippen LogP contribution >= 0.6 is 0 Å². The first-order valence-electron chi connectivity index (χ1n) is 2.76. The van der Waals surface area contributed by atoms with Crippen molar-refractivity contribution in [2.45, 2.75) is 26.7 Å². The number of rotatable bonds is 2. The standard InChI is InChI=1S/C7H13/c1-4-6-7(3)5-2/h6H,1,4-5H2,2-3H3/b7-6-. The average molecular weight is 97.2 g/mol. The molecule has 0 unspecified atom stereocenters. The van der Waals surface area contributed by atoms with Gasteiger partial charge in [0.25, 0.3) is 0 Å². The van der Waals surface area contributed by atoms with E-state index in [2.05, 4.69) is 26.8 Å². The van der Waals surface area contributed by atoms with Gasteiger partial charge in [0.2, 0.25) is 0 Å². The molecule has 0 fully saturated rings. The summed E-state index contributed by atoms with van der Waals surface area (Å²) in [7, 11) is 0. The van der Waals surface area contributed by atoms with Gasteiger partial charge in [-0.25, -0.2) is 0 Å². The van der Waals surface area contributed by atoms with E-state index in [0.717, 1.165) is 12.8 Å². The second kappa shape index (κ2) is 3.91. The largest absolute Gasteiger partial charge is 0.0856 e. The van der Waals surface area contributed by atoms with Gasteiger partial charge in [0.1, 0.15) is 0 Å². The molecule has 0 aromatic rings. The molecule has 0 atom stereocenters. The lowest BCUT2D eigenvalue weighted by Crippen LogP contribution is -1.67. The lowest BCUT2D eigenvalue weighted by atomic mass is 10.2. The van der Waals surface area contributed by atoms with E-state index in [0.29, 0.717) is 0 Å². The highest BCUT2D eigenvalue weighted by Gasteiger charge is 1.76. The molecule has 0 rings (SSSR count). The molecular weight excluding hydrogens is 84.1 g/mol. The molecule has 0 aromatic heterocycles. The van der Waals surface area contributed by atoms with Crippen LogP contribution in [0.3, 0.4) is 0 Å². The Kier molecular flexibility index (Phi) is 3.77. The molecule has 0 spiro atoms. The fourth-order valence-electron chi connectivity index (χ4n) is 0.391. The summed E-state index contributed by atoms with van der Waals surface area (Å²) in [5, 5.41) is 0. The van der Waals surface area contributed by atoms with Crippen molar-refractivity contribution in [2.75, 3.05) is 0 Å². The summed E-state index contributed by atoms with van der Waals surface area (Å²) in [5.74, 6) is 0. The fraction of sp³-hybridized carbons (Fsp3) is 0.571. The highest BCUT2D eigenvalue weighted by Crippen LogP contribution is 1.97. The third-order valence-electron chi connectivity index (χ3n) is 1.05. The molecular formula is C7H13. The number of hydrogen-bond donors (Lipinski definition) is 0. The van der Waals surface area contributed by atoms with Gasteiger partial charge in [0.15, 0.2) is 0 Å². The molecule has 0 amide bonds. The Morgan fingerprint density at radius 3 is 2.43 bits per heavy atom. The van der Waals surface area contributed by atoms with Crippen LogP contribution in [0.1, 0.15) is 26.7 Å². The number of hydrogen-bond acceptors (Lipinski definition) is 0. The van der Waals surface area contributed by atoms with Crippen molar-refractivity contribution in [2.24, 2.45) is 0 Å². The second-order valence-corrected chi connectivity index (χ2v) is 1.69. The van der Waals surface area contributed by atoms with Crippen LogP contribution in [-0.4, -0.2) is 0 Å². The Bertz CT molecular complexity index is 60.4. The minimum absolute atomic E-state index is 0.930. The van der Waals surface area contributed by atoms with Gasteiger partial charge in [-0.2, -0.15) is 0 Å². The topological polar surface area (TPSA) is 0 Å². The first-order valence-corrected chi connectivity index (χ1v) is 2.76. The third kappa shape index (κ3) is 3.57. The van der Waals surface area contributed by atoms with Crippen molar-refractivity contribution in [1.82, 2.24) is 0 Å². The zero-order chi connectivity index (χ0) is 5.70. The summed E-state index contributed by atoms with van der Waals surface area (Å²) in [6.45, 7) is 7.98. The molecule has 0 saturated carbocycles. The van der Waals surface area contributed by atoms with E-state index >= 15 is 0 Å². The van der Waals surface area contributed by atoms with E-state index in [1.165, 1.54) is 5.57 Å². The van der Waals surface area contributed by atoms with Crippen LogP contribution in [-0.2, 0) is 0 Å². The Morgan fingerprint density at radius 2 is 2.29 bits per heavy atom. The minimum Gasteiger partial charge on any atom is -0.0856 e.